The van der Waals surface area contributed by atoms with Crippen LogP contribution < -0.4 is 10.2 Å². The second-order valence-corrected chi connectivity index (χ2v) is 9.25. The van der Waals surface area contributed by atoms with E-state index in [1.807, 2.05) is 19.2 Å². The van der Waals surface area contributed by atoms with Crippen molar-refractivity contribution in [1.29, 1.82) is 0 Å². The maximum absolute atomic E-state index is 13.0. The number of benzene rings is 2. The molecule has 5 nitrogen and oxygen atoms in total. The molecule has 0 aliphatic heterocycles. The number of hydrogen-bond donors (Lipinski definition) is 1. The lowest BCUT2D eigenvalue weighted by molar-refractivity contribution is -0.121. The molecule has 7 heteroatoms. The van der Waals surface area contributed by atoms with Crippen molar-refractivity contribution in [2.45, 2.75) is 40.5 Å². The number of unbranched alkanes of at least 4 members (excludes halogenated alkanes) is 1. The van der Waals surface area contributed by atoms with E-state index in [0.29, 0.717) is 16.4 Å². The van der Waals surface area contributed by atoms with Gasteiger partial charge in [0.15, 0.2) is 11.5 Å². The zero-order valence-corrected chi connectivity index (χ0v) is 20.1. The van der Waals surface area contributed by atoms with Crippen LogP contribution in [-0.2, 0) is 9.59 Å². The Hall–Kier alpha value is -2.37. The summed E-state index contributed by atoms with van der Waals surface area (Å²) in [5.74, 6) is -0.979. The van der Waals surface area contributed by atoms with Gasteiger partial charge in [-0.25, -0.2) is 4.99 Å². The average Bonchev–Trinajstić information content (AvgIpc) is 2.71. The Balaban J connectivity index is 2.34. The zero-order chi connectivity index (χ0) is 23.2. The predicted octanol–water partition coefficient (Wildman–Crippen LogP) is 6.56. The lowest BCUT2D eigenvalue weighted by Crippen LogP contribution is -2.37. The molecule has 1 amide bonds. The van der Waals surface area contributed by atoms with Crippen molar-refractivity contribution in [1.82, 2.24) is 0 Å². The number of nitrogens with zero attached hydrogens (tertiary/aromatic N) is 2. The van der Waals surface area contributed by atoms with Crippen LogP contribution in [0, 0.1) is 5.41 Å². The van der Waals surface area contributed by atoms with Crippen molar-refractivity contribution in [3.63, 3.8) is 0 Å². The summed E-state index contributed by atoms with van der Waals surface area (Å²) < 4.78 is 0. The molecule has 31 heavy (non-hydrogen) atoms. The van der Waals surface area contributed by atoms with Gasteiger partial charge in [-0.15, -0.1) is 0 Å². The van der Waals surface area contributed by atoms with Crippen LogP contribution >= 0.6 is 23.2 Å². The Kier molecular flexibility index (Phi) is 8.66. The molecule has 0 bridgehead atoms. The van der Waals surface area contributed by atoms with Crippen LogP contribution in [0.25, 0.3) is 0 Å². The van der Waals surface area contributed by atoms with Crippen LogP contribution in [-0.4, -0.2) is 31.0 Å². The number of nitrogens with one attached hydrogen (secondary N) is 1. The van der Waals surface area contributed by atoms with Crippen molar-refractivity contribution in [2.75, 3.05) is 23.8 Å². The first-order valence-electron chi connectivity index (χ1n) is 10.2. The molecule has 0 saturated carbocycles. The molecule has 0 heterocycles. The summed E-state index contributed by atoms with van der Waals surface area (Å²) in [4.78, 5) is 32.5. The number of halogens is 2. The zero-order valence-electron chi connectivity index (χ0n) is 18.6. The first-order chi connectivity index (χ1) is 14.5. The van der Waals surface area contributed by atoms with Gasteiger partial charge in [0.25, 0.3) is 5.91 Å². The molecule has 0 fully saturated rings. The van der Waals surface area contributed by atoms with Gasteiger partial charge in [0, 0.05) is 29.7 Å². The molecule has 0 radical (unpaired) electrons. The standard InChI is InChI=1S/C24H29Cl2N3O2/c1-6-7-14-29(5)18-11-9-17(10-12-18)27-21(22(30)24(2,3)4)23(31)28-20-13-8-16(25)15-19(20)26/h8-13,15H,6-7,14H2,1-5H3,(H,28,31). The number of carbonyl (C=O) groups is 2. The smallest absolute Gasteiger partial charge is 0.278 e. The minimum absolute atomic E-state index is 0.175. The van der Waals surface area contributed by atoms with E-state index in [0.717, 1.165) is 25.1 Å². The first kappa shape index (κ1) is 24.9. The molecule has 2 rings (SSSR count). The van der Waals surface area contributed by atoms with Gasteiger partial charge in [-0.1, -0.05) is 57.3 Å². The second-order valence-electron chi connectivity index (χ2n) is 8.41. The fourth-order valence-corrected chi connectivity index (χ4v) is 3.22. The third-order valence-corrected chi connectivity index (χ3v) is 5.22. The highest BCUT2D eigenvalue weighted by molar-refractivity contribution is 6.68. The Morgan fingerprint density at radius 1 is 1.06 bits per heavy atom. The lowest BCUT2D eigenvalue weighted by atomic mass is 9.87. The SMILES string of the molecule is CCCCN(C)c1ccc(N=C(C(=O)Nc2ccc(Cl)cc2Cl)C(=O)C(C)(C)C)cc1. The van der Waals surface area contributed by atoms with E-state index in [1.165, 1.54) is 6.07 Å². The van der Waals surface area contributed by atoms with Crippen molar-refractivity contribution in [3.05, 3.63) is 52.5 Å². The number of anilines is 2. The Morgan fingerprint density at radius 2 is 1.71 bits per heavy atom. The predicted molar refractivity (Wildman–Crippen MR) is 131 cm³/mol. The largest absolute Gasteiger partial charge is 0.375 e. The fraction of sp³-hybridized carbons (Fsp3) is 0.375. The molecule has 2 aromatic rings. The number of hydrogen-bond acceptors (Lipinski definition) is 4. The summed E-state index contributed by atoms with van der Waals surface area (Å²) >= 11 is 12.1. The lowest BCUT2D eigenvalue weighted by Gasteiger charge is -2.19. The van der Waals surface area contributed by atoms with Gasteiger partial charge in [0.05, 0.1) is 16.4 Å². The molecule has 0 unspecified atom stereocenters. The quantitative estimate of drug-likeness (QED) is 0.357. The third-order valence-electron chi connectivity index (χ3n) is 4.67. The van der Waals surface area contributed by atoms with Crippen LogP contribution in [0.2, 0.25) is 10.0 Å². The van der Waals surface area contributed by atoms with Crippen LogP contribution in [0.3, 0.4) is 0 Å². The van der Waals surface area contributed by atoms with E-state index in [9.17, 15) is 9.59 Å². The van der Waals surface area contributed by atoms with Crippen LogP contribution in [0.5, 0.6) is 0 Å². The van der Waals surface area contributed by atoms with Gasteiger partial charge in [-0.05, 0) is 48.9 Å². The van der Waals surface area contributed by atoms with E-state index in [1.54, 1.807) is 45.0 Å². The minimum atomic E-state index is -0.778. The maximum atomic E-state index is 13.0. The molecular formula is C24H29Cl2N3O2. The number of aliphatic imine (C=N–C) groups is 1. The molecule has 1 N–H and O–H groups in total. The van der Waals surface area contributed by atoms with Gasteiger partial charge >= 0.3 is 0 Å². The maximum Gasteiger partial charge on any atom is 0.278 e. The summed E-state index contributed by atoms with van der Waals surface area (Å²) in [6.45, 7) is 8.36. The van der Waals surface area contributed by atoms with Gasteiger partial charge < -0.3 is 10.2 Å². The Labute approximate surface area is 194 Å². The molecule has 166 valence electrons. The first-order valence-corrected chi connectivity index (χ1v) is 11.0. The van der Waals surface area contributed by atoms with Crippen molar-refractivity contribution in [2.24, 2.45) is 10.4 Å². The summed E-state index contributed by atoms with van der Waals surface area (Å²) in [6, 6.07) is 12.2. The molecule has 0 saturated heterocycles. The molecule has 0 spiro atoms. The number of Topliss-reactive ketones (excluding diaryl/α,β-unsaturated/α-hetero) is 1. The van der Waals surface area contributed by atoms with Crippen molar-refractivity contribution in [3.8, 4) is 0 Å². The molecule has 0 aliphatic rings. The van der Waals surface area contributed by atoms with Crippen LogP contribution in [0.1, 0.15) is 40.5 Å². The second kappa shape index (κ2) is 10.8. The van der Waals surface area contributed by atoms with Gasteiger partial charge in [0.2, 0.25) is 0 Å². The minimum Gasteiger partial charge on any atom is -0.375 e. The van der Waals surface area contributed by atoms with Gasteiger partial charge in [0.1, 0.15) is 0 Å². The van der Waals surface area contributed by atoms with Crippen LogP contribution in [0.15, 0.2) is 47.5 Å². The van der Waals surface area contributed by atoms with Gasteiger partial charge in [-0.2, -0.15) is 0 Å². The summed E-state index contributed by atoms with van der Waals surface area (Å²) in [7, 11) is 2.03. The number of amides is 1. The highest BCUT2D eigenvalue weighted by Crippen LogP contribution is 2.27. The number of rotatable bonds is 8. The summed E-state index contributed by atoms with van der Waals surface area (Å²) in [5.41, 5.74) is 0.982. The van der Waals surface area contributed by atoms with Gasteiger partial charge in [-0.3, -0.25) is 9.59 Å². The number of ketones is 1. The van der Waals surface area contributed by atoms with E-state index in [4.69, 9.17) is 23.2 Å². The molecule has 2 aromatic carbocycles. The molecule has 0 aliphatic carbocycles. The highest BCUT2D eigenvalue weighted by atomic mass is 35.5. The van der Waals surface area contributed by atoms with E-state index in [-0.39, 0.29) is 16.5 Å². The van der Waals surface area contributed by atoms with E-state index < -0.39 is 11.3 Å². The Bertz CT molecular complexity index is 964. The van der Waals surface area contributed by atoms with Crippen molar-refractivity contribution < 1.29 is 9.59 Å². The third kappa shape index (κ3) is 7.08. The number of carbonyl (C=O) groups excluding carboxylic acids is 2. The Morgan fingerprint density at radius 3 is 2.26 bits per heavy atom. The molecule has 0 aromatic heterocycles. The highest BCUT2D eigenvalue weighted by Gasteiger charge is 2.31. The molecule has 0 atom stereocenters. The molecular weight excluding hydrogens is 433 g/mol. The van der Waals surface area contributed by atoms with Crippen LogP contribution in [0.4, 0.5) is 17.1 Å². The summed E-state index contributed by atoms with van der Waals surface area (Å²) in [5, 5.41) is 3.41. The average molecular weight is 462 g/mol. The normalized spacial score (nSPS) is 11.9. The topological polar surface area (TPSA) is 61.8 Å². The van der Waals surface area contributed by atoms with Crippen molar-refractivity contribution >= 4 is 57.7 Å². The summed E-state index contributed by atoms with van der Waals surface area (Å²) in [6.07, 6.45) is 2.23. The monoisotopic (exact) mass is 461 g/mol. The van der Waals surface area contributed by atoms with E-state index >= 15 is 0 Å². The van der Waals surface area contributed by atoms with E-state index in [2.05, 4.69) is 22.1 Å². The fourth-order valence-electron chi connectivity index (χ4n) is 2.77.